The Morgan fingerprint density at radius 1 is 1.12 bits per heavy atom. The van der Waals surface area contributed by atoms with Crippen molar-refractivity contribution in [1.29, 1.82) is 0 Å². The van der Waals surface area contributed by atoms with Gasteiger partial charge in [0.1, 0.15) is 4.88 Å². The molecule has 2 N–H and O–H groups in total. The largest absolute Gasteiger partial charge is 0.478 e. The predicted octanol–water partition coefficient (Wildman–Crippen LogP) is 4.02. The summed E-state index contributed by atoms with van der Waals surface area (Å²) in [5, 5.41) is 14.0. The van der Waals surface area contributed by atoms with Crippen molar-refractivity contribution in [3.05, 3.63) is 69.6 Å². The van der Waals surface area contributed by atoms with Gasteiger partial charge in [-0.25, -0.2) is 10.2 Å². The van der Waals surface area contributed by atoms with E-state index < -0.39 is 5.97 Å². The Bertz CT molecular complexity index is 948. The van der Waals surface area contributed by atoms with E-state index in [9.17, 15) is 9.59 Å². The molecule has 120 valence electrons. The molecule has 7 heteroatoms. The van der Waals surface area contributed by atoms with E-state index in [4.69, 9.17) is 16.7 Å². The van der Waals surface area contributed by atoms with Gasteiger partial charge >= 0.3 is 5.97 Å². The van der Waals surface area contributed by atoms with E-state index in [0.29, 0.717) is 15.5 Å². The number of halogens is 1. The second-order valence-electron chi connectivity index (χ2n) is 4.87. The summed E-state index contributed by atoms with van der Waals surface area (Å²) in [4.78, 5) is 23.4. The lowest BCUT2D eigenvalue weighted by Gasteiger charge is -1.98. The highest BCUT2D eigenvalue weighted by Gasteiger charge is 2.16. The van der Waals surface area contributed by atoms with Gasteiger partial charge in [-0.15, -0.1) is 11.3 Å². The van der Waals surface area contributed by atoms with E-state index in [1.54, 1.807) is 12.1 Å². The first-order valence-corrected chi connectivity index (χ1v) is 8.09. The number of fused-ring (bicyclic) bond motifs is 1. The van der Waals surface area contributed by atoms with Crippen LogP contribution in [0.25, 0.3) is 10.1 Å². The number of hydrazone groups is 1. The number of aromatic carboxylic acids is 1. The molecule has 1 heterocycles. The van der Waals surface area contributed by atoms with Gasteiger partial charge in [0.25, 0.3) is 5.91 Å². The standard InChI is InChI=1S/C17H11ClN2O3S/c18-14-12-3-1-2-4-13(12)24-15(14)16(21)20-19-9-10-5-7-11(8-6-10)17(22)23/h1-9H,(H,20,21)(H,22,23)/b19-9+. The summed E-state index contributed by atoms with van der Waals surface area (Å²) in [6.45, 7) is 0. The molecule has 2 aromatic carbocycles. The van der Waals surface area contributed by atoms with Crippen LogP contribution in [0, 0.1) is 0 Å². The van der Waals surface area contributed by atoms with Gasteiger partial charge in [-0.3, -0.25) is 4.79 Å². The Labute approximate surface area is 146 Å². The molecule has 24 heavy (non-hydrogen) atoms. The SMILES string of the molecule is O=C(O)c1ccc(/C=N/NC(=O)c2sc3ccccc3c2Cl)cc1. The van der Waals surface area contributed by atoms with Crippen molar-refractivity contribution in [1.82, 2.24) is 5.43 Å². The maximum atomic E-state index is 12.2. The molecule has 0 bridgehead atoms. The van der Waals surface area contributed by atoms with Crippen LogP contribution >= 0.6 is 22.9 Å². The lowest BCUT2D eigenvalue weighted by Crippen LogP contribution is -2.16. The third-order valence-corrected chi connectivity index (χ3v) is 4.95. The van der Waals surface area contributed by atoms with Crippen LogP contribution in [-0.2, 0) is 0 Å². The van der Waals surface area contributed by atoms with Crippen molar-refractivity contribution in [2.24, 2.45) is 5.10 Å². The molecular weight excluding hydrogens is 348 g/mol. The van der Waals surface area contributed by atoms with Crippen LogP contribution in [0.1, 0.15) is 25.6 Å². The first kappa shape index (κ1) is 16.2. The Balaban J connectivity index is 1.72. The number of carbonyl (C=O) groups is 2. The summed E-state index contributed by atoms with van der Waals surface area (Å²) in [6, 6.07) is 13.6. The molecule has 0 spiro atoms. The van der Waals surface area contributed by atoms with Crippen LogP contribution in [0.3, 0.4) is 0 Å². The van der Waals surface area contributed by atoms with Gasteiger partial charge in [0.2, 0.25) is 0 Å². The molecule has 0 saturated heterocycles. The van der Waals surface area contributed by atoms with Crippen molar-refractivity contribution >= 4 is 51.1 Å². The number of hydrogen-bond acceptors (Lipinski definition) is 4. The van der Waals surface area contributed by atoms with E-state index in [-0.39, 0.29) is 11.5 Å². The van der Waals surface area contributed by atoms with Crippen molar-refractivity contribution in [3.8, 4) is 0 Å². The highest BCUT2D eigenvalue weighted by Crippen LogP contribution is 2.34. The summed E-state index contributed by atoms with van der Waals surface area (Å²) in [5.41, 5.74) is 3.28. The number of thiophene rings is 1. The van der Waals surface area contributed by atoms with Gasteiger partial charge in [0.15, 0.2) is 0 Å². The Kier molecular flexibility index (Phi) is 4.59. The normalized spacial score (nSPS) is 11.0. The molecule has 0 atom stereocenters. The number of carboxylic acid groups (broad SMARTS) is 1. The number of carbonyl (C=O) groups excluding carboxylic acids is 1. The highest BCUT2D eigenvalue weighted by atomic mass is 35.5. The van der Waals surface area contributed by atoms with Gasteiger partial charge in [-0.2, -0.15) is 5.10 Å². The zero-order valence-corrected chi connectivity index (χ0v) is 13.8. The zero-order chi connectivity index (χ0) is 17.1. The summed E-state index contributed by atoms with van der Waals surface area (Å²) in [5.74, 6) is -1.38. The molecular formula is C17H11ClN2O3S. The van der Waals surface area contributed by atoms with Gasteiger partial charge in [-0.05, 0) is 23.8 Å². The molecule has 5 nitrogen and oxygen atoms in total. The quantitative estimate of drug-likeness (QED) is 0.546. The maximum absolute atomic E-state index is 12.2. The Hall–Kier alpha value is -2.70. The molecule has 0 saturated carbocycles. The van der Waals surface area contributed by atoms with E-state index in [0.717, 1.165) is 10.1 Å². The molecule has 0 aliphatic carbocycles. The monoisotopic (exact) mass is 358 g/mol. The average Bonchev–Trinajstić information content (AvgIpc) is 2.93. The highest BCUT2D eigenvalue weighted by molar-refractivity contribution is 7.21. The summed E-state index contributed by atoms with van der Waals surface area (Å²) < 4.78 is 0.931. The van der Waals surface area contributed by atoms with Crippen LogP contribution in [0.2, 0.25) is 5.02 Å². The summed E-state index contributed by atoms with van der Waals surface area (Å²) in [7, 11) is 0. The topological polar surface area (TPSA) is 78.8 Å². The van der Waals surface area contributed by atoms with E-state index in [2.05, 4.69) is 10.5 Å². The van der Waals surface area contributed by atoms with Crippen molar-refractivity contribution < 1.29 is 14.7 Å². The minimum Gasteiger partial charge on any atom is -0.478 e. The van der Waals surface area contributed by atoms with Gasteiger partial charge in [-0.1, -0.05) is 41.9 Å². The van der Waals surface area contributed by atoms with Gasteiger partial charge < -0.3 is 5.11 Å². The number of benzene rings is 2. The predicted molar refractivity (Wildman–Crippen MR) is 95.3 cm³/mol. The molecule has 1 aromatic heterocycles. The molecule has 0 unspecified atom stereocenters. The molecule has 0 aliphatic heterocycles. The van der Waals surface area contributed by atoms with Crippen LogP contribution in [-0.4, -0.2) is 23.2 Å². The minimum atomic E-state index is -0.994. The van der Waals surface area contributed by atoms with Gasteiger partial charge in [0, 0.05) is 10.1 Å². The van der Waals surface area contributed by atoms with Crippen LogP contribution in [0.15, 0.2) is 53.6 Å². The zero-order valence-electron chi connectivity index (χ0n) is 12.2. The van der Waals surface area contributed by atoms with Gasteiger partial charge in [0.05, 0.1) is 16.8 Å². The van der Waals surface area contributed by atoms with Crippen LogP contribution in [0.5, 0.6) is 0 Å². The molecule has 3 aromatic rings. The first-order chi connectivity index (χ1) is 11.6. The number of nitrogens with zero attached hydrogens (tertiary/aromatic N) is 1. The van der Waals surface area contributed by atoms with Crippen LogP contribution in [0.4, 0.5) is 0 Å². The van der Waals surface area contributed by atoms with E-state index in [1.807, 2.05) is 24.3 Å². The fraction of sp³-hybridized carbons (Fsp3) is 0. The molecule has 3 rings (SSSR count). The third-order valence-electron chi connectivity index (χ3n) is 3.28. The number of rotatable bonds is 4. The minimum absolute atomic E-state index is 0.188. The van der Waals surface area contributed by atoms with Crippen molar-refractivity contribution in [2.75, 3.05) is 0 Å². The smallest absolute Gasteiger partial charge is 0.335 e. The Morgan fingerprint density at radius 2 is 1.83 bits per heavy atom. The van der Waals surface area contributed by atoms with Crippen molar-refractivity contribution in [3.63, 3.8) is 0 Å². The van der Waals surface area contributed by atoms with E-state index >= 15 is 0 Å². The second-order valence-corrected chi connectivity index (χ2v) is 6.30. The number of amides is 1. The molecule has 1 amide bonds. The van der Waals surface area contributed by atoms with E-state index in [1.165, 1.54) is 29.7 Å². The number of nitrogens with one attached hydrogen (secondary N) is 1. The molecule has 0 fully saturated rings. The number of carboxylic acids is 1. The van der Waals surface area contributed by atoms with Crippen molar-refractivity contribution in [2.45, 2.75) is 0 Å². The fourth-order valence-electron chi connectivity index (χ4n) is 2.09. The lowest BCUT2D eigenvalue weighted by atomic mass is 10.1. The maximum Gasteiger partial charge on any atom is 0.335 e. The third kappa shape index (κ3) is 3.29. The number of hydrogen-bond donors (Lipinski definition) is 2. The second kappa shape index (κ2) is 6.82. The summed E-state index contributed by atoms with van der Waals surface area (Å²) >= 11 is 7.54. The lowest BCUT2D eigenvalue weighted by molar-refractivity contribution is 0.0696. The molecule has 0 radical (unpaired) electrons. The average molecular weight is 359 g/mol. The van der Waals surface area contributed by atoms with Crippen LogP contribution < -0.4 is 5.43 Å². The summed E-state index contributed by atoms with van der Waals surface area (Å²) in [6.07, 6.45) is 1.44. The molecule has 0 aliphatic rings. The first-order valence-electron chi connectivity index (χ1n) is 6.90. The fourth-order valence-corrected chi connectivity index (χ4v) is 3.49. The Morgan fingerprint density at radius 3 is 2.50 bits per heavy atom.